The molecule has 3 heterocycles. The van der Waals surface area contributed by atoms with Crippen LogP contribution >= 0.6 is 0 Å². The number of aromatic nitrogens is 3. The van der Waals surface area contributed by atoms with E-state index in [2.05, 4.69) is 56.4 Å². The maximum Gasteiger partial charge on any atom is 0.263 e. The molecule has 24 heavy (non-hydrogen) atoms. The molecule has 0 bridgehead atoms. The van der Waals surface area contributed by atoms with Crippen LogP contribution in [0.1, 0.15) is 29.7 Å². The molecular weight excluding hydrogens is 300 g/mol. The summed E-state index contributed by atoms with van der Waals surface area (Å²) >= 11 is 0. The van der Waals surface area contributed by atoms with Gasteiger partial charge < -0.3 is 9.42 Å². The lowest BCUT2D eigenvalue weighted by Gasteiger charge is -2.39. The average molecular weight is 318 g/mol. The van der Waals surface area contributed by atoms with Gasteiger partial charge in [-0.25, -0.2) is 4.98 Å². The molecular formula is C19H18N4O. The quantitative estimate of drug-likeness (QED) is 0.687. The first-order valence-corrected chi connectivity index (χ1v) is 8.38. The summed E-state index contributed by atoms with van der Waals surface area (Å²) in [6.45, 7) is 3.88. The van der Waals surface area contributed by atoms with Crippen LogP contribution in [0.4, 0.5) is 5.82 Å². The molecule has 1 saturated heterocycles. The van der Waals surface area contributed by atoms with E-state index in [-0.39, 0.29) is 5.41 Å². The van der Waals surface area contributed by atoms with Gasteiger partial charge in [0.05, 0.1) is 5.69 Å². The second-order valence-corrected chi connectivity index (χ2v) is 6.71. The lowest BCUT2D eigenvalue weighted by atomic mass is 9.74. The summed E-state index contributed by atoms with van der Waals surface area (Å²) in [6, 6.07) is 8.75. The third kappa shape index (κ3) is 1.84. The van der Waals surface area contributed by atoms with Crippen molar-refractivity contribution in [2.75, 3.05) is 18.0 Å². The van der Waals surface area contributed by atoms with Gasteiger partial charge in [0.15, 0.2) is 0 Å². The molecule has 1 aromatic carbocycles. The monoisotopic (exact) mass is 318 g/mol. The molecule has 0 amide bonds. The summed E-state index contributed by atoms with van der Waals surface area (Å²) in [4.78, 5) is 11.0. The van der Waals surface area contributed by atoms with Gasteiger partial charge in [-0.15, -0.1) is 0 Å². The Morgan fingerprint density at radius 2 is 1.96 bits per heavy atom. The Hall–Kier alpha value is -2.69. The number of benzene rings is 1. The van der Waals surface area contributed by atoms with Crippen LogP contribution in [0.15, 0.2) is 41.2 Å². The number of hydrogen-bond donors (Lipinski definition) is 0. The maximum absolute atomic E-state index is 5.28. The molecule has 5 heteroatoms. The fourth-order valence-electron chi connectivity index (χ4n) is 4.13. The van der Waals surface area contributed by atoms with E-state index in [0.29, 0.717) is 5.71 Å². The van der Waals surface area contributed by atoms with Crippen molar-refractivity contribution >= 4 is 23.0 Å². The molecule has 5 rings (SSSR count). The van der Waals surface area contributed by atoms with E-state index < -0.39 is 0 Å². The van der Waals surface area contributed by atoms with Crippen molar-refractivity contribution in [1.82, 2.24) is 15.1 Å². The molecule has 1 aliphatic heterocycles. The summed E-state index contributed by atoms with van der Waals surface area (Å²) < 4.78 is 5.28. The average Bonchev–Trinajstić information content (AvgIpc) is 3.18. The maximum atomic E-state index is 5.28. The molecule has 0 radical (unpaired) electrons. The Balaban J connectivity index is 1.47. The molecule has 3 aromatic rings. The molecule has 2 aliphatic rings. The Morgan fingerprint density at radius 1 is 1.12 bits per heavy atom. The number of allylic oxidation sites excluding steroid dienone is 1. The molecule has 120 valence electrons. The van der Waals surface area contributed by atoms with Gasteiger partial charge in [0.2, 0.25) is 0 Å². The van der Waals surface area contributed by atoms with Crippen LogP contribution in [0.5, 0.6) is 0 Å². The van der Waals surface area contributed by atoms with Crippen molar-refractivity contribution in [3.05, 3.63) is 53.5 Å². The lowest BCUT2D eigenvalue weighted by Crippen LogP contribution is -2.41. The molecule has 5 nitrogen and oxygen atoms in total. The molecule has 0 saturated carbocycles. The zero-order valence-electron chi connectivity index (χ0n) is 13.6. The fourth-order valence-corrected chi connectivity index (χ4v) is 4.13. The third-order valence-corrected chi connectivity index (χ3v) is 5.46. The van der Waals surface area contributed by atoms with Gasteiger partial charge in [0, 0.05) is 18.5 Å². The van der Waals surface area contributed by atoms with E-state index in [1.807, 2.05) is 6.92 Å². The SMILES string of the molecule is Cc1noc2ncnc(N3CCC4(C=Cc5ccccc54)CC3)c12. The van der Waals surface area contributed by atoms with Crippen molar-refractivity contribution in [2.45, 2.75) is 25.2 Å². The first kappa shape index (κ1) is 13.7. The van der Waals surface area contributed by atoms with Gasteiger partial charge in [0.1, 0.15) is 17.5 Å². The minimum absolute atomic E-state index is 0.183. The van der Waals surface area contributed by atoms with Crippen LogP contribution in [-0.2, 0) is 5.41 Å². The number of rotatable bonds is 1. The Morgan fingerprint density at radius 3 is 2.83 bits per heavy atom. The van der Waals surface area contributed by atoms with E-state index in [4.69, 9.17) is 4.52 Å². The van der Waals surface area contributed by atoms with E-state index in [9.17, 15) is 0 Å². The molecule has 0 N–H and O–H groups in total. The zero-order chi connectivity index (χ0) is 16.1. The Labute approximate surface area is 140 Å². The van der Waals surface area contributed by atoms with Gasteiger partial charge in [-0.05, 0) is 30.9 Å². The van der Waals surface area contributed by atoms with Crippen LogP contribution in [-0.4, -0.2) is 28.2 Å². The molecule has 0 atom stereocenters. The molecule has 1 fully saturated rings. The van der Waals surface area contributed by atoms with Crippen LogP contribution in [0.3, 0.4) is 0 Å². The predicted octanol–water partition coefficient (Wildman–Crippen LogP) is 3.49. The summed E-state index contributed by atoms with van der Waals surface area (Å²) in [5.74, 6) is 0.948. The van der Waals surface area contributed by atoms with Crippen LogP contribution < -0.4 is 4.90 Å². The third-order valence-electron chi connectivity index (χ3n) is 5.46. The molecule has 0 unspecified atom stereocenters. The first-order valence-electron chi connectivity index (χ1n) is 8.38. The van der Waals surface area contributed by atoms with E-state index in [1.54, 1.807) is 6.33 Å². The number of fused-ring (bicyclic) bond motifs is 3. The van der Waals surface area contributed by atoms with E-state index >= 15 is 0 Å². The highest BCUT2D eigenvalue weighted by Crippen LogP contribution is 2.44. The lowest BCUT2D eigenvalue weighted by molar-refractivity contribution is 0.410. The van der Waals surface area contributed by atoms with Crippen molar-refractivity contribution in [1.29, 1.82) is 0 Å². The summed E-state index contributed by atoms with van der Waals surface area (Å²) in [6.07, 6.45) is 8.43. The first-order chi connectivity index (χ1) is 11.8. The Bertz CT molecular complexity index is 951. The van der Waals surface area contributed by atoms with Crippen LogP contribution in [0.2, 0.25) is 0 Å². The van der Waals surface area contributed by atoms with Crippen LogP contribution in [0, 0.1) is 6.92 Å². The minimum Gasteiger partial charge on any atom is -0.356 e. The topological polar surface area (TPSA) is 55.1 Å². The second kappa shape index (κ2) is 4.90. The second-order valence-electron chi connectivity index (χ2n) is 6.71. The van der Waals surface area contributed by atoms with Gasteiger partial charge in [0.25, 0.3) is 5.71 Å². The number of aryl methyl sites for hydroxylation is 1. The molecule has 2 aromatic heterocycles. The Kier molecular flexibility index (Phi) is 2.80. The highest BCUT2D eigenvalue weighted by molar-refractivity contribution is 5.88. The molecule has 1 aliphatic carbocycles. The van der Waals surface area contributed by atoms with E-state index in [1.165, 1.54) is 11.1 Å². The highest BCUT2D eigenvalue weighted by atomic mass is 16.5. The smallest absolute Gasteiger partial charge is 0.263 e. The van der Waals surface area contributed by atoms with Crippen molar-refractivity contribution in [3.63, 3.8) is 0 Å². The van der Waals surface area contributed by atoms with Gasteiger partial charge >= 0.3 is 0 Å². The normalized spacial score (nSPS) is 18.5. The number of piperidine rings is 1. The van der Waals surface area contributed by atoms with Crippen molar-refractivity contribution in [3.8, 4) is 0 Å². The minimum atomic E-state index is 0.183. The summed E-state index contributed by atoms with van der Waals surface area (Å²) in [7, 11) is 0. The summed E-state index contributed by atoms with van der Waals surface area (Å²) in [5, 5.41) is 4.98. The van der Waals surface area contributed by atoms with Gasteiger partial charge in [-0.2, -0.15) is 4.98 Å². The summed E-state index contributed by atoms with van der Waals surface area (Å²) in [5.41, 5.74) is 4.45. The van der Waals surface area contributed by atoms with Crippen LogP contribution in [0.25, 0.3) is 17.2 Å². The predicted molar refractivity (Wildman–Crippen MR) is 92.9 cm³/mol. The highest BCUT2D eigenvalue weighted by Gasteiger charge is 2.38. The molecule has 1 spiro atoms. The largest absolute Gasteiger partial charge is 0.356 e. The van der Waals surface area contributed by atoms with E-state index in [0.717, 1.165) is 42.8 Å². The fraction of sp³-hybridized carbons (Fsp3) is 0.316. The van der Waals surface area contributed by atoms with Gasteiger partial charge in [-0.1, -0.05) is 41.6 Å². The number of anilines is 1. The van der Waals surface area contributed by atoms with Gasteiger partial charge in [-0.3, -0.25) is 0 Å². The number of nitrogens with zero attached hydrogens (tertiary/aromatic N) is 4. The van der Waals surface area contributed by atoms with Crippen molar-refractivity contribution < 1.29 is 4.52 Å². The van der Waals surface area contributed by atoms with Crippen molar-refractivity contribution in [2.24, 2.45) is 0 Å². The standard InChI is InChI=1S/C19H18N4O/c1-13-16-17(20-12-21-18(16)24-22-13)23-10-8-19(9-11-23)7-6-14-4-2-3-5-15(14)19/h2-7,12H,8-11H2,1H3. The zero-order valence-corrected chi connectivity index (χ0v) is 13.6. The number of hydrogen-bond acceptors (Lipinski definition) is 5.